The van der Waals surface area contributed by atoms with Crippen LogP contribution >= 0.6 is 0 Å². The van der Waals surface area contributed by atoms with E-state index in [0.29, 0.717) is 6.42 Å². The fraction of sp³-hybridized carbons (Fsp3) is 0.353. The van der Waals surface area contributed by atoms with Crippen molar-refractivity contribution in [2.24, 2.45) is 5.92 Å². The molecule has 1 heterocycles. The highest BCUT2D eigenvalue weighted by molar-refractivity contribution is 5.94. The Balaban J connectivity index is 1.89. The molecular formula is C17H21N5O4. The van der Waals surface area contributed by atoms with Gasteiger partial charge in [0.15, 0.2) is 0 Å². The van der Waals surface area contributed by atoms with Crippen LogP contribution in [-0.4, -0.2) is 50.2 Å². The molecule has 0 aliphatic rings. The predicted molar refractivity (Wildman–Crippen MR) is 92.7 cm³/mol. The number of carbonyl (C=O) groups excluding carboxylic acids is 2. The van der Waals surface area contributed by atoms with Crippen molar-refractivity contribution in [3.05, 3.63) is 42.5 Å². The monoisotopic (exact) mass is 359 g/mol. The van der Waals surface area contributed by atoms with Crippen LogP contribution in [0, 0.1) is 5.92 Å². The summed E-state index contributed by atoms with van der Waals surface area (Å²) in [4.78, 5) is 39.0. The SMILES string of the molecule is CC(C)C[C@H](NC(=O)CNC(=O)c1ncn(-c2ccccc2)n1)C(=O)O. The molecule has 0 unspecified atom stereocenters. The molecule has 0 fully saturated rings. The number of para-hydroxylation sites is 1. The summed E-state index contributed by atoms with van der Waals surface area (Å²) in [5.74, 6) is -2.29. The molecule has 1 atom stereocenters. The van der Waals surface area contributed by atoms with E-state index in [1.165, 1.54) is 11.0 Å². The van der Waals surface area contributed by atoms with Crippen LogP contribution in [0.25, 0.3) is 5.69 Å². The lowest BCUT2D eigenvalue weighted by Gasteiger charge is -2.16. The van der Waals surface area contributed by atoms with Crippen LogP contribution in [0.3, 0.4) is 0 Å². The number of carboxylic acid groups (broad SMARTS) is 1. The van der Waals surface area contributed by atoms with Crippen LogP contribution in [0.1, 0.15) is 30.9 Å². The number of hydrogen-bond acceptors (Lipinski definition) is 5. The molecular weight excluding hydrogens is 338 g/mol. The van der Waals surface area contributed by atoms with Gasteiger partial charge in [0, 0.05) is 0 Å². The van der Waals surface area contributed by atoms with E-state index in [2.05, 4.69) is 20.7 Å². The maximum absolute atomic E-state index is 12.0. The van der Waals surface area contributed by atoms with Gasteiger partial charge in [-0.25, -0.2) is 14.5 Å². The molecule has 9 nitrogen and oxygen atoms in total. The Morgan fingerprint density at radius 1 is 1.19 bits per heavy atom. The van der Waals surface area contributed by atoms with Gasteiger partial charge in [0.2, 0.25) is 11.7 Å². The first kappa shape index (κ1) is 19.1. The number of rotatable bonds is 8. The minimum absolute atomic E-state index is 0.0846. The van der Waals surface area contributed by atoms with Crippen molar-refractivity contribution in [1.29, 1.82) is 0 Å². The molecule has 0 saturated heterocycles. The van der Waals surface area contributed by atoms with Crippen molar-refractivity contribution in [1.82, 2.24) is 25.4 Å². The van der Waals surface area contributed by atoms with Crippen molar-refractivity contribution in [3.8, 4) is 5.69 Å². The Kier molecular flexibility index (Phi) is 6.42. The van der Waals surface area contributed by atoms with Gasteiger partial charge < -0.3 is 15.7 Å². The van der Waals surface area contributed by atoms with Crippen LogP contribution in [0.15, 0.2) is 36.7 Å². The molecule has 0 aliphatic heterocycles. The van der Waals surface area contributed by atoms with Crippen molar-refractivity contribution in [2.45, 2.75) is 26.3 Å². The number of nitrogens with zero attached hydrogens (tertiary/aromatic N) is 3. The lowest BCUT2D eigenvalue weighted by molar-refractivity contribution is -0.142. The van der Waals surface area contributed by atoms with E-state index in [1.807, 2.05) is 44.2 Å². The lowest BCUT2D eigenvalue weighted by atomic mass is 10.0. The zero-order chi connectivity index (χ0) is 19.1. The third-order valence-corrected chi connectivity index (χ3v) is 3.47. The van der Waals surface area contributed by atoms with Gasteiger partial charge in [0.05, 0.1) is 12.2 Å². The smallest absolute Gasteiger partial charge is 0.326 e. The number of benzene rings is 1. The molecule has 0 bridgehead atoms. The van der Waals surface area contributed by atoms with Crippen molar-refractivity contribution < 1.29 is 19.5 Å². The fourth-order valence-electron chi connectivity index (χ4n) is 2.25. The number of nitrogens with one attached hydrogen (secondary N) is 2. The van der Waals surface area contributed by atoms with Crippen molar-refractivity contribution in [2.75, 3.05) is 6.54 Å². The number of carbonyl (C=O) groups is 3. The van der Waals surface area contributed by atoms with Gasteiger partial charge in [0.25, 0.3) is 5.91 Å². The topological polar surface area (TPSA) is 126 Å². The Morgan fingerprint density at radius 3 is 2.50 bits per heavy atom. The first-order valence-electron chi connectivity index (χ1n) is 8.14. The highest BCUT2D eigenvalue weighted by Gasteiger charge is 2.21. The third-order valence-electron chi connectivity index (χ3n) is 3.47. The molecule has 2 rings (SSSR count). The van der Waals surface area contributed by atoms with Crippen LogP contribution in [0.4, 0.5) is 0 Å². The summed E-state index contributed by atoms with van der Waals surface area (Å²) in [5.41, 5.74) is 0.745. The van der Waals surface area contributed by atoms with Crippen molar-refractivity contribution in [3.63, 3.8) is 0 Å². The van der Waals surface area contributed by atoms with Gasteiger partial charge in [-0.2, -0.15) is 0 Å². The molecule has 1 aromatic carbocycles. The largest absolute Gasteiger partial charge is 0.480 e. The van der Waals surface area contributed by atoms with E-state index >= 15 is 0 Å². The average Bonchev–Trinajstić information content (AvgIpc) is 3.09. The molecule has 9 heteroatoms. The highest BCUT2D eigenvalue weighted by atomic mass is 16.4. The van der Waals surface area contributed by atoms with E-state index in [-0.39, 0.29) is 18.3 Å². The van der Waals surface area contributed by atoms with Crippen LogP contribution in [0.2, 0.25) is 0 Å². The van der Waals surface area contributed by atoms with E-state index in [9.17, 15) is 14.4 Å². The highest BCUT2D eigenvalue weighted by Crippen LogP contribution is 2.05. The van der Waals surface area contributed by atoms with Gasteiger partial charge in [0.1, 0.15) is 12.4 Å². The van der Waals surface area contributed by atoms with Gasteiger partial charge in [-0.15, -0.1) is 5.10 Å². The Bertz CT molecular complexity index is 772. The first-order valence-corrected chi connectivity index (χ1v) is 8.14. The van der Waals surface area contributed by atoms with Crippen LogP contribution < -0.4 is 10.6 Å². The van der Waals surface area contributed by atoms with Crippen LogP contribution in [0.5, 0.6) is 0 Å². The second-order valence-corrected chi connectivity index (χ2v) is 6.12. The second-order valence-electron chi connectivity index (χ2n) is 6.12. The average molecular weight is 359 g/mol. The zero-order valence-electron chi connectivity index (χ0n) is 14.5. The normalized spacial score (nSPS) is 11.8. The van der Waals surface area contributed by atoms with Gasteiger partial charge in [-0.3, -0.25) is 9.59 Å². The van der Waals surface area contributed by atoms with E-state index in [0.717, 1.165) is 5.69 Å². The number of aromatic nitrogens is 3. The van der Waals surface area contributed by atoms with E-state index in [1.54, 1.807) is 0 Å². The maximum Gasteiger partial charge on any atom is 0.326 e. The molecule has 0 radical (unpaired) electrons. The molecule has 2 amide bonds. The summed E-state index contributed by atoms with van der Waals surface area (Å²) >= 11 is 0. The molecule has 2 aromatic rings. The fourth-order valence-corrected chi connectivity index (χ4v) is 2.25. The molecule has 0 saturated carbocycles. The Morgan fingerprint density at radius 2 is 1.88 bits per heavy atom. The summed E-state index contributed by atoms with van der Waals surface area (Å²) in [7, 11) is 0. The van der Waals surface area contributed by atoms with Gasteiger partial charge in [-0.1, -0.05) is 32.0 Å². The summed E-state index contributed by atoms with van der Waals surface area (Å²) in [6.45, 7) is 3.36. The molecule has 138 valence electrons. The Labute approximate surface area is 150 Å². The molecule has 26 heavy (non-hydrogen) atoms. The first-order chi connectivity index (χ1) is 12.4. The molecule has 0 aliphatic carbocycles. The molecule has 3 N–H and O–H groups in total. The lowest BCUT2D eigenvalue weighted by Crippen LogP contribution is -2.46. The number of amides is 2. The number of carboxylic acids is 1. The second kappa shape index (κ2) is 8.75. The molecule has 0 spiro atoms. The summed E-state index contributed by atoms with van der Waals surface area (Å²) in [5, 5.41) is 17.9. The number of aliphatic carboxylic acids is 1. The number of hydrogen-bond donors (Lipinski definition) is 3. The summed E-state index contributed by atoms with van der Waals surface area (Å²) in [6.07, 6.45) is 1.70. The van der Waals surface area contributed by atoms with Crippen molar-refractivity contribution >= 4 is 17.8 Å². The zero-order valence-corrected chi connectivity index (χ0v) is 14.5. The summed E-state index contributed by atoms with van der Waals surface area (Å²) < 4.78 is 1.44. The summed E-state index contributed by atoms with van der Waals surface area (Å²) in [6, 6.07) is 8.15. The predicted octanol–water partition coefficient (Wildman–Crippen LogP) is 0.613. The quantitative estimate of drug-likeness (QED) is 0.634. The standard InChI is InChI=1S/C17H21N5O4/c1-11(2)8-13(17(25)26)20-14(23)9-18-16(24)15-19-10-22(21-15)12-6-4-3-5-7-12/h3-7,10-11,13H,8-9H2,1-2H3,(H,18,24)(H,20,23)(H,25,26)/t13-/m0/s1. The maximum atomic E-state index is 12.0. The van der Waals surface area contributed by atoms with Gasteiger partial charge >= 0.3 is 5.97 Å². The van der Waals surface area contributed by atoms with E-state index < -0.39 is 23.8 Å². The van der Waals surface area contributed by atoms with E-state index in [4.69, 9.17) is 5.11 Å². The molecule has 1 aromatic heterocycles. The minimum atomic E-state index is -1.11. The minimum Gasteiger partial charge on any atom is -0.480 e. The Hall–Kier alpha value is -3.23. The third kappa shape index (κ3) is 5.40. The van der Waals surface area contributed by atoms with Crippen LogP contribution in [-0.2, 0) is 9.59 Å². The van der Waals surface area contributed by atoms with Gasteiger partial charge in [-0.05, 0) is 24.5 Å².